The molecular formula is C27H27ClN2O6. The average Bonchev–Trinajstić information content (AvgIpc) is 2.87. The Hall–Kier alpha value is -3.91. The normalized spacial score (nSPS) is 14.6. The van der Waals surface area contributed by atoms with Gasteiger partial charge in [0.15, 0.2) is 11.5 Å². The van der Waals surface area contributed by atoms with E-state index in [0.29, 0.717) is 52.1 Å². The molecule has 1 aliphatic heterocycles. The van der Waals surface area contributed by atoms with Gasteiger partial charge in [0.05, 0.1) is 32.8 Å². The number of carbonyl (C=O) groups excluding carboxylic acids is 1. The van der Waals surface area contributed by atoms with Crippen molar-refractivity contribution < 1.29 is 23.7 Å². The van der Waals surface area contributed by atoms with E-state index in [2.05, 4.69) is 0 Å². The summed E-state index contributed by atoms with van der Waals surface area (Å²) in [4.78, 5) is 26.6. The van der Waals surface area contributed by atoms with E-state index in [1.54, 1.807) is 49.1 Å². The lowest BCUT2D eigenvalue weighted by molar-refractivity contribution is -0.136. The predicted molar refractivity (Wildman–Crippen MR) is 136 cm³/mol. The number of benzene rings is 2. The van der Waals surface area contributed by atoms with E-state index in [4.69, 9.17) is 36.3 Å². The summed E-state index contributed by atoms with van der Waals surface area (Å²) >= 11 is 6.09. The van der Waals surface area contributed by atoms with Gasteiger partial charge in [-0.15, -0.1) is 0 Å². The zero-order chi connectivity index (χ0) is 26.0. The summed E-state index contributed by atoms with van der Waals surface area (Å²) in [6.45, 7) is 2.22. The Kier molecular flexibility index (Phi) is 7.26. The molecule has 0 saturated heterocycles. The molecule has 0 amide bonds. The molecule has 9 heteroatoms. The summed E-state index contributed by atoms with van der Waals surface area (Å²) in [6, 6.07) is 14.3. The van der Waals surface area contributed by atoms with Crippen molar-refractivity contribution in [3.63, 3.8) is 0 Å². The highest BCUT2D eigenvalue weighted by Crippen LogP contribution is 2.41. The van der Waals surface area contributed by atoms with Gasteiger partial charge in [-0.05, 0) is 48.7 Å². The molecule has 188 valence electrons. The van der Waals surface area contributed by atoms with E-state index in [-0.39, 0.29) is 17.0 Å². The first-order chi connectivity index (χ1) is 17.3. The van der Waals surface area contributed by atoms with Gasteiger partial charge in [-0.25, -0.2) is 4.79 Å². The van der Waals surface area contributed by atoms with E-state index < -0.39 is 11.9 Å². The molecule has 1 aromatic heterocycles. The highest BCUT2D eigenvalue weighted by atomic mass is 35.5. The van der Waals surface area contributed by atoms with Gasteiger partial charge in [0.2, 0.25) is 5.88 Å². The Morgan fingerprint density at radius 1 is 1.06 bits per heavy atom. The monoisotopic (exact) mass is 510 g/mol. The van der Waals surface area contributed by atoms with E-state index in [9.17, 15) is 9.59 Å². The van der Waals surface area contributed by atoms with Crippen LogP contribution >= 0.6 is 11.6 Å². The lowest BCUT2D eigenvalue weighted by Crippen LogP contribution is -2.35. The van der Waals surface area contributed by atoms with Crippen LogP contribution in [0.25, 0.3) is 0 Å². The molecule has 0 unspecified atom stereocenters. The number of halogens is 1. The van der Waals surface area contributed by atoms with Gasteiger partial charge in [-0.3, -0.25) is 4.79 Å². The third-order valence-electron chi connectivity index (χ3n) is 6.25. The van der Waals surface area contributed by atoms with Crippen molar-refractivity contribution in [3.8, 4) is 17.2 Å². The molecule has 2 heterocycles. The summed E-state index contributed by atoms with van der Waals surface area (Å²) in [5, 5.41) is 0.527. The predicted octanol–water partition coefficient (Wildman–Crippen LogP) is 3.94. The van der Waals surface area contributed by atoms with Crippen molar-refractivity contribution in [2.75, 3.05) is 21.3 Å². The van der Waals surface area contributed by atoms with Crippen molar-refractivity contribution in [1.29, 1.82) is 0 Å². The van der Waals surface area contributed by atoms with Gasteiger partial charge in [-0.1, -0.05) is 29.8 Å². The van der Waals surface area contributed by atoms with Crippen LogP contribution in [0.3, 0.4) is 0 Å². The topological polar surface area (TPSA) is 102 Å². The zero-order valence-electron chi connectivity index (χ0n) is 20.5. The maximum absolute atomic E-state index is 13.9. The standard InChI is InChI=1S/C27H27ClN2O6/c1-15-13-21-23(26(31)30(15)12-11-16-5-10-19(33-2)20(14-16)34-3)22(17-6-8-18(28)9-7-17)24(25(29)36-21)27(32)35-4/h5-10,13-14,22H,11-12,29H2,1-4H3/t22-/m1/s1. The first-order valence-electron chi connectivity index (χ1n) is 11.3. The number of ether oxygens (including phenoxy) is 4. The van der Waals surface area contributed by atoms with Gasteiger partial charge in [0.1, 0.15) is 11.3 Å². The Labute approximate surface area is 213 Å². The Balaban J connectivity index is 1.79. The van der Waals surface area contributed by atoms with Gasteiger partial charge in [0, 0.05) is 23.3 Å². The third-order valence-corrected chi connectivity index (χ3v) is 6.50. The number of nitrogens with zero attached hydrogens (tertiary/aromatic N) is 1. The van der Waals surface area contributed by atoms with Gasteiger partial charge < -0.3 is 29.2 Å². The van der Waals surface area contributed by atoms with Crippen LogP contribution in [-0.4, -0.2) is 31.9 Å². The van der Waals surface area contributed by atoms with Crippen LogP contribution in [0.4, 0.5) is 0 Å². The summed E-state index contributed by atoms with van der Waals surface area (Å²) < 4.78 is 23.1. The van der Waals surface area contributed by atoms with Crippen molar-refractivity contribution in [2.45, 2.75) is 25.8 Å². The summed E-state index contributed by atoms with van der Waals surface area (Å²) in [5.74, 6) is 0.00471. The van der Waals surface area contributed by atoms with Crippen LogP contribution in [0.2, 0.25) is 5.02 Å². The van der Waals surface area contributed by atoms with Crippen LogP contribution in [0.15, 0.2) is 64.8 Å². The molecule has 1 aliphatic rings. The molecule has 36 heavy (non-hydrogen) atoms. The first kappa shape index (κ1) is 25.2. The minimum absolute atomic E-state index is 0.0692. The molecule has 0 bridgehead atoms. The average molecular weight is 511 g/mol. The zero-order valence-corrected chi connectivity index (χ0v) is 21.2. The molecular weight excluding hydrogens is 484 g/mol. The van der Waals surface area contributed by atoms with Crippen molar-refractivity contribution in [2.24, 2.45) is 5.73 Å². The molecule has 2 aromatic carbocycles. The fraction of sp³-hybridized carbons (Fsp3) is 0.259. The van der Waals surface area contributed by atoms with Crippen molar-refractivity contribution in [1.82, 2.24) is 4.57 Å². The SMILES string of the molecule is COC(=O)C1=C(N)Oc2cc(C)n(CCc3ccc(OC)c(OC)c3)c(=O)c2[C@H]1c1ccc(Cl)cc1. The van der Waals surface area contributed by atoms with E-state index >= 15 is 0 Å². The maximum Gasteiger partial charge on any atom is 0.340 e. The lowest BCUT2D eigenvalue weighted by atomic mass is 9.83. The van der Waals surface area contributed by atoms with Gasteiger partial charge >= 0.3 is 5.97 Å². The minimum Gasteiger partial charge on any atom is -0.493 e. The third kappa shape index (κ3) is 4.64. The number of hydrogen-bond donors (Lipinski definition) is 1. The molecule has 2 N–H and O–H groups in total. The smallest absolute Gasteiger partial charge is 0.340 e. The number of carbonyl (C=O) groups is 1. The van der Waals surface area contributed by atoms with Crippen molar-refractivity contribution in [3.05, 3.63) is 97.7 Å². The fourth-order valence-corrected chi connectivity index (χ4v) is 4.56. The molecule has 0 saturated carbocycles. The number of esters is 1. The number of nitrogens with two attached hydrogens (primary N) is 1. The Bertz CT molecular complexity index is 1390. The highest BCUT2D eigenvalue weighted by Gasteiger charge is 2.38. The fourth-order valence-electron chi connectivity index (χ4n) is 4.44. The van der Waals surface area contributed by atoms with Gasteiger partial charge in [0.25, 0.3) is 5.56 Å². The number of fused-ring (bicyclic) bond motifs is 1. The number of rotatable bonds is 7. The number of pyridine rings is 1. The molecule has 0 radical (unpaired) electrons. The molecule has 4 rings (SSSR count). The highest BCUT2D eigenvalue weighted by molar-refractivity contribution is 6.30. The number of hydrogen-bond acceptors (Lipinski definition) is 7. The largest absolute Gasteiger partial charge is 0.493 e. The molecule has 0 aliphatic carbocycles. The molecule has 1 atom stereocenters. The number of aromatic nitrogens is 1. The summed E-state index contributed by atoms with van der Waals surface area (Å²) in [5.41, 5.74) is 8.59. The Morgan fingerprint density at radius 3 is 2.39 bits per heavy atom. The second-order valence-corrected chi connectivity index (χ2v) is 8.75. The van der Waals surface area contributed by atoms with E-state index in [0.717, 1.165) is 5.56 Å². The minimum atomic E-state index is -0.779. The van der Waals surface area contributed by atoms with Gasteiger partial charge in [-0.2, -0.15) is 0 Å². The van der Waals surface area contributed by atoms with E-state index in [1.165, 1.54) is 7.11 Å². The Morgan fingerprint density at radius 2 is 1.75 bits per heavy atom. The van der Waals surface area contributed by atoms with Crippen LogP contribution in [0.5, 0.6) is 17.2 Å². The lowest BCUT2D eigenvalue weighted by Gasteiger charge is -2.29. The van der Waals surface area contributed by atoms with Crippen molar-refractivity contribution >= 4 is 17.6 Å². The van der Waals surface area contributed by atoms with Crippen LogP contribution in [0.1, 0.15) is 28.3 Å². The van der Waals surface area contributed by atoms with Crippen LogP contribution in [-0.2, 0) is 22.5 Å². The second kappa shape index (κ2) is 10.4. The molecule has 0 spiro atoms. The quantitative estimate of drug-likeness (QED) is 0.480. The number of methoxy groups -OCH3 is 3. The van der Waals surface area contributed by atoms with E-state index in [1.807, 2.05) is 25.1 Å². The summed E-state index contributed by atoms with van der Waals surface area (Å²) in [7, 11) is 4.42. The molecule has 8 nitrogen and oxygen atoms in total. The molecule has 0 fully saturated rings. The number of aryl methyl sites for hydroxylation is 2. The summed E-state index contributed by atoms with van der Waals surface area (Å²) in [6.07, 6.45) is 0.564. The van der Waals surface area contributed by atoms with Crippen LogP contribution in [0, 0.1) is 6.92 Å². The maximum atomic E-state index is 13.9. The van der Waals surface area contributed by atoms with Crippen LogP contribution < -0.4 is 25.5 Å². The first-order valence-corrected chi connectivity index (χ1v) is 11.6. The molecule has 3 aromatic rings. The second-order valence-electron chi connectivity index (χ2n) is 8.32.